The second kappa shape index (κ2) is 12.6. The van der Waals surface area contributed by atoms with Crippen molar-refractivity contribution in [2.75, 3.05) is 6.16 Å². The smallest absolute Gasteiger partial charge is 0.355 e. The molecule has 4 aromatic carbocycles. The lowest BCUT2D eigenvalue weighted by Crippen LogP contribution is -2.45. The van der Waals surface area contributed by atoms with Crippen molar-refractivity contribution < 1.29 is 14.3 Å². The quantitative estimate of drug-likeness (QED) is 0.0946. The predicted octanol–water partition coefficient (Wildman–Crippen LogP) is 7.00. The van der Waals surface area contributed by atoms with Crippen molar-refractivity contribution in [3.05, 3.63) is 167 Å². The molecule has 6 aromatic rings. The molecule has 0 radical (unpaired) electrons. The van der Waals surface area contributed by atoms with Crippen molar-refractivity contribution in [1.29, 1.82) is 0 Å². The number of hydrogen-bond acceptors (Lipinski definition) is 5. The number of pyridine rings is 2. The lowest BCUT2D eigenvalue weighted by Gasteiger charge is -2.35. The lowest BCUT2D eigenvalue weighted by atomic mass is 9.85. The molecule has 0 N–H and O–H groups in total. The number of carbonyl (C=O) groups is 1. The summed E-state index contributed by atoms with van der Waals surface area (Å²) in [5.41, 5.74) is 2.72. The minimum Gasteiger partial charge on any atom is -0.479 e. The highest BCUT2D eigenvalue weighted by Gasteiger charge is 2.49. The van der Waals surface area contributed by atoms with Crippen LogP contribution in [0.2, 0.25) is 0 Å². The number of esters is 1. The van der Waals surface area contributed by atoms with E-state index in [0.717, 1.165) is 28.3 Å². The molecule has 0 bridgehead atoms. The van der Waals surface area contributed by atoms with Crippen molar-refractivity contribution in [2.24, 2.45) is 0 Å². The van der Waals surface area contributed by atoms with Crippen molar-refractivity contribution in [2.45, 2.75) is 38.5 Å². The summed E-state index contributed by atoms with van der Waals surface area (Å²) in [7, 11) is -2.03. The highest BCUT2D eigenvalue weighted by atomic mass is 31.2. The first-order chi connectivity index (χ1) is 24.0. The van der Waals surface area contributed by atoms with Crippen LogP contribution in [0.4, 0.5) is 0 Å². The number of carbonyl (C=O) groups excluding carboxylic acids is 1. The van der Waals surface area contributed by atoms with Gasteiger partial charge in [-0.25, -0.2) is 9.78 Å². The van der Waals surface area contributed by atoms with E-state index in [2.05, 4.69) is 97.1 Å². The molecule has 2 aliphatic rings. The van der Waals surface area contributed by atoms with Gasteiger partial charge in [-0.3, -0.25) is 4.79 Å². The summed E-state index contributed by atoms with van der Waals surface area (Å²) in [5, 5.41) is 4.97. The SMILES string of the molecule is CC[C@@]1(O/C=C/CC[P+](c2ccccc2)(c2ccccc2)c2ccccc2)C(=O)OCc2c1cc1n(c2=O)Cc2cc3ccccc3nc2-1. The van der Waals surface area contributed by atoms with Crippen LogP contribution in [0.5, 0.6) is 0 Å². The Morgan fingerprint density at radius 1 is 0.837 bits per heavy atom. The number of ether oxygens (including phenoxy) is 2. The van der Waals surface area contributed by atoms with Gasteiger partial charge in [-0.05, 0) is 67.1 Å². The fraction of sp³-hybridized carbons (Fsp3) is 0.167. The topological polar surface area (TPSA) is 70.4 Å². The summed E-state index contributed by atoms with van der Waals surface area (Å²) in [6, 6.07) is 44.3. The molecule has 49 heavy (non-hydrogen) atoms. The number of cyclic esters (lactones) is 1. The third-order valence-corrected chi connectivity index (χ3v) is 14.4. The average Bonchev–Trinajstić information content (AvgIpc) is 3.52. The first-order valence-corrected chi connectivity index (χ1v) is 18.7. The number of rotatable bonds is 9. The molecule has 2 aromatic heterocycles. The van der Waals surface area contributed by atoms with E-state index in [-0.39, 0.29) is 12.2 Å². The number of aromatic nitrogens is 2. The molecule has 1 atom stereocenters. The van der Waals surface area contributed by atoms with Gasteiger partial charge in [-0.15, -0.1) is 0 Å². The molecule has 8 rings (SSSR count). The molecule has 0 fully saturated rings. The predicted molar refractivity (Wildman–Crippen MR) is 197 cm³/mol. The van der Waals surface area contributed by atoms with E-state index in [4.69, 9.17) is 14.5 Å². The van der Waals surface area contributed by atoms with Crippen LogP contribution in [0.1, 0.15) is 36.5 Å². The molecule has 0 unspecified atom stereocenters. The molecule has 4 heterocycles. The Morgan fingerprint density at radius 2 is 1.45 bits per heavy atom. The summed E-state index contributed by atoms with van der Waals surface area (Å²) in [5.74, 6) is -0.485. The number of para-hydroxylation sites is 1. The maximum atomic E-state index is 13.9. The number of hydrogen-bond donors (Lipinski definition) is 0. The zero-order chi connectivity index (χ0) is 33.4. The Hall–Kier alpha value is -5.32. The highest BCUT2D eigenvalue weighted by Crippen LogP contribution is 2.55. The molecule has 0 aliphatic carbocycles. The van der Waals surface area contributed by atoms with Crippen LogP contribution in [-0.2, 0) is 33.0 Å². The van der Waals surface area contributed by atoms with Crippen LogP contribution in [0.3, 0.4) is 0 Å². The van der Waals surface area contributed by atoms with Crippen molar-refractivity contribution in [1.82, 2.24) is 9.55 Å². The minimum atomic E-state index is -2.03. The fourth-order valence-electron chi connectivity index (χ4n) is 7.49. The second-order valence-electron chi connectivity index (χ2n) is 12.6. The van der Waals surface area contributed by atoms with Gasteiger partial charge in [0.25, 0.3) is 5.56 Å². The van der Waals surface area contributed by atoms with Crippen LogP contribution in [0, 0.1) is 0 Å². The van der Waals surface area contributed by atoms with E-state index < -0.39 is 18.8 Å². The summed E-state index contributed by atoms with van der Waals surface area (Å²) >= 11 is 0. The fourth-order valence-corrected chi connectivity index (χ4v) is 11.7. The Morgan fingerprint density at radius 3 is 2.08 bits per heavy atom. The van der Waals surface area contributed by atoms with Gasteiger partial charge in [0.05, 0.1) is 41.4 Å². The van der Waals surface area contributed by atoms with Crippen LogP contribution >= 0.6 is 7.26 Å². The summed E-state index contributed by atoms with van der Waals surface area (Å²) in [6.07, 6.45) is 5.53. The summed E-state index contributed by atoms with van der Waals surface area (Å²) in [6.45, 7) is 2.25. The molecule has 2 aliphatic heterocycles. The van der Waals surface area contributed by atoms with Crippen LogP contribution in [0.15, 0.2) is 145 Å². The van der Waals surface area contributed by atoms with Gasteiger partial charge in [0, 0.05) is 22.9 Å². The monoisotopic (exact) mass is 663 g/mol. The maximum absolute atomic E-state index is 13.9. The number of benzene rings is 4. The normalized spacial score (nSPS) is 16.6. The molecular formula is C42H36N2O4P+. The van der Waals surface area contributed by atoms with E-state index in [1.807, 2.05) is 43.3 Å². The Bertz CT molecular complexity index is 2170. The van der Waals surface area contributed by atoms with Crippen molar-refractivity contribution in [3.63, 3.8) is 0 Å². The molecule has 7 heteroatoms. The van der Waals surface area contributed by atoms with Gasteiger partial charge >= 0.3 is 5.97 Å². The third-order valence-electron chi connectivity index (χ3n) is 9.97. The first-order valence-electron chi connectivity index (χ1n) is 16.8. The minimum absolute atomic E-state index is 0.0773. The van der Waals surface area contributed by atoms with Gasteiger partial charge in [-0.1, -0.05) is 79.7 Å². The number of allylic oxidation sites excluding steroid dienone is 1. The van der Waals surface area contributed by atoms with E-state index in [1.165, 1.54) is 15.9 Å². The second-order valence-corrected chi connectivity index (χ2v) is 16.2. The van der Waals surface area contributed by atoms with E-state index in [1.54, 1.807) is 10.8 Å². The van der Waals surface area contributed by atoms with Gasteiger partial charge in [0.2, 0.25) is 5.60 Å². The van der Waals surface area contributed by atoms with Gasteiger partial charge < -0.3 is 14.0 Å². The standard InChI is InChI=1S/C42H36N2O4P/c1-2-42(36-27-38-39-31(26-30-16-12-13-23-37(30)43-39)28-44(38)40(45)35(36)29-47-41(42)46)48-24-14-15-25-49(32-17-6-3-7-18-32,33-19-8-4-9-20-33)34-21-10-5-11-22-34/h3-14,16-24,26-27H,2,15,25,28-29H2,1H3/q+1/b24-14+/t42-/m0/s1. The summed E-state index contributed by atoms with van der Waals surface area (Å²) < 4.78 is 13.8. The van der Waals surface area contributed by atoms with Crippen LogP contribution in [-0.4, -0.2) is 21.7 Å². The van der Waals surface area contributed by atoms with Crippen molar-refractivity contribution in [3.8, 4) is 11.4 Å². The Kier molecular flexibility index (Phi) is 7.97. The van der Waals surface area contributed by atoms with Gasteiger partial charge in [0.15, 0.2) is 0 Å². The molecule has 0 spiro atoms. The maximum Gasteiger partial charge on any atom is 0.355 e. The summed E-state index contributed by atoms with van der Waals surface area (Å²) in [4.78, 5) is 32.5. The Labute approximate surface area is 286 Å². The zero-order valence-electron chi connectivity index (χ0n) is 27.3. The van der Waals surface area contributed by atoms with E-state index in [9.17, 15) is 9.59 Å². The Balaban J connectivity index is 1.14. The van der Waals surface area contributed by atoms with Gasteiger partial charge in [0.1, 0.15) is 29.8 Å². The number of fused-ring (bicyclic) bond motifs is 5. The molecule has 0 amide bonds. The highest BCUT2D eigenvalue weighted by molar-refractivity contribution is 7.95. The number of nitrogens with zero attached hydrogens (tertiary/aromatic N) is 2. The third kappa shape index (κ3) is 5.10. The molecule has 242 valence electrons. The van der Waals surface area contributed by atoms with Crippen molar-refractivity contribution >= 4 is 40.0 Å². The van der Waals surface area contributed by atoms with E-state index >= 15 is 0 Å². The molecule has 0 saturated heterocycles. The molecule has 6 nitrogen and oxygen atoms in total. The van der Waals surface area contributed by atoms with Crippen LogP contribution < -0.4 is 21.5 Å². The average molecular weight is 664 g/mol. The largest absolute Gasteiger partial charge is 0.479 e. The lowest BCUT2D eigenvalue weighted by molar-refractivity contribution is -0.173. The molecule has 0 saturated carbocycles. The van der Waals surface area contributed by atoms with Crippen LogP contribution in [0.25, 0.3) is 22.3 Å². The first kappa shape index (κ1) is 31.0. The van der Waals surface area contributed by atoms with Gasteiger partial charge in [-0.2, -0.15) is 0 Å². The molecular weight excluding hydrogens is 627 g/mol. The van der Waals surface area contributed by atoms with E-state index in [0.29, 0.717) is 36.2 Å². The zero-order valence-corrected chi connectivity index (χ0v) is 28.2.